The molecule has 0 N–H and O–H groups in total. The first-order valence-corrected chi connectivity index (χ1v) is 5.41. The Morgan fingerprint density at radius 2 is 2.20 bits per heavy atom. The summed E-state index contributed by atoms with van der Waals surface area (Å²) in [5.41, 5.74) is 0.387. The molecular formula is C9H12BF3NS-. The molecule has 1 nitrogen and oxygen atoms in total. The normalized spacial score (nSPS) is 12.1. The van der Waals surface area contributed by atoms with Gasteiger partial charge in [0.25, 0.3) is 0 Å². The molecule has 0 saturated heterocycles. The molecule has 0 amide bonds. The molecule has 0 aliphatic rings. The van der Waals surface area contributed by atoms with Gasteiger partial charge in [0.2, 0.25) is 0 Å². The van der Waals surface area contributed by atoms with Crippen molar-refractivity contribution < 1.29 is 12.9 Å². The van der Waals surface area contributed by atoms with Crippen molar-refractivity contribution in [2.45, 2.75) is 6.54 Å². The third kappa shape index (κ3) is 4.09. The minimum atomic E-state index is -4.90. The Bertz CT molecular complexity index is 321. The van der Waals surface area contributed by atoms with Crippen LogP contribution < -0.4 is 0 Å². The molecule has 0 spiro atoms. The van der Waals surface area contributed by atoms with Crippen LogP contribution in [0.5, 0.6) is 0 Å². The SMILES string of the molecule is C=C(CN(C)Cc1ccsc1)[B-](F)(F)F. The highest BCUT2D eigenvalue weighted by Gasteiger charge is 2.27. The van der Waals surface area contributed by atoms with Crippen LogP contribution in [-0.4, -0.2) is 25.5 Å². The van der Waals surface area contributed by atoms with Crippen molar-refractivity contribution in [1.82, 2.24) is 4.90 Å². The molecule has 0 unspecified atom stereocenters. The van der Waals surface area contributed by atoms with Gasteiger partial charge in [-0.05, 0) is 36.0 Å². The fraction of sp³-hybridized carbons (Fsp3) is 0.333. The molecule has 0 bridgehead atoms. The van der Waals surface area contributed by atoms with E-state index in [2.05, 4.69) is 6.58 Å². The topological polar surface area (TPSA) is 3.24 Å². The first-order valence-electron chi connectivity index (χ1n) is 4.47. The van der Waals surface area contributed by atoms with E-state index in [9.17, 15) is 12.9 Å². The van der Waals surface area contributed by atoms with Crippen molar-refractivity contribution in [3.8, 4) is 0 Å². The Kier molecular flexibility index (Phi) is 3.99. The largest absolute Gasteiger partial charge is 0.506 e. The lowest BCUT2D eigenvalue weighted by molar-refractivity contribution is 0.351. The maximum Gasteiger partial charge on any atom is 0.506 e. The lowest BCUT2D eigenvalue weighted by Gasteiger charge is -2.23. The van der Waals surface area contributed by atoms with Crippen molar-refractivity contribution in [2.24, 2.45) is 0 Å². The zero-order chi connectivity index (χ0) is 11.5. The summed E-state index contributed by atoms with van der Waals surface area (Å²) in [7, 11) is 1.66. The average molecular weight is 234 g/mol. The summed E-state index contributed by atoms with van der Waals surface area (Å²) in [6.45, 7) is -1.45. The Labute approximate surface area is 91.3 Å². The zero-order valence-corrected chi connectivity index (χ0v) is 9.24. The van der Waals surface area contributed by atoms with E-state index >= 15 is 0 Å². The molecule has 0 aromatic carbocycles. The first-order chi connectivity index (χ1) is 6.89. The fourth-order valence-electron chi connectivity index (χ4n) is 1.20. The second-order valence-electron chi connectivity index (χ2n) is 3.54. The predicted molar refractivity (Wildman–Crippen MR) is 58.9 cm³/mol. The van der Waals surface area contributed by atoms with Crippen LogP contribution in [0.1, 0.15) is 5.56 Å². The van der Waals surface area contributed by atoms with E-state index in [-0.39, 0.29) is 6.54 Å². The highest BCUT2D eigenvalue weighted by molar-refractivity contribution is 7.07. The predicted octanol–water partition coefficient (Wildman–Crippen LogP) is 3.12. The van der Waals surface area contributed by atoms with Gasteiger partial charge in [0.15, 0.2) is 0 Å². The molecule has 1 aromatic rings. The Hall–Kier alpha value is -0.745. The number of hydrogen-bond acceptors (Lipinski definition) is 2. The third-order valence-corrected chi connectivity index (χ3v) is 2.70. The van der Waals surface area contributed by atoms with Gasteiger partial charge in [0, 0.05) is 6.54 Å². The van der Waals surface area contributed by atoms with E-state index < -0.39 is 12.4 Å². The van der Waals surface area contributed by atoms with Crippen LogP contribution in [0.3, 0.4) is 0 Å². The minimum absolute atomic E-state index is 0.126. The summed E-state index contributed by atoms with van der Waals surface area (Å²) in [5, 5.41) is 3.84. The van der Waals surface area contributed by atoms with Crippen LogP contribution >= 0.6 is 11.3 Å². The van der Waals surface area contributed by atoms with Gasteiger partial charge in [-0.1, -0.05) is 0 Å². The van der Waals surface area contributed by atoms with Crippen LogP contribution in [-0.2, 0) is 6.54 Å². The number of thiophene rings is 1. The molecule has 1 aromatic heterocycles. The number of hydrogen-bond donors (Lipinski definition) is 0. The highest BCUT2D eigenvalue weighted by atomic mass is 32.1. The standard InChI is InChI=1S/C9H12BF3NS/c1-8(10(11,12)13)5-14(2)6-9-3-4-15-7-9/h3-4,7H,1,5-6H2,2H3/q-1. The molecule has 0 atom stereocenters. The summed E-state index contributed by atoms with van der Waals surface area (Å²) in [6.07, 6.45) is 0. The monoisotopic (exact) mass is 234 g/mol. The average Bonchev–Trinajstić information content (AvgIpc) is 2.54. The van der Waals surface area contributed by atoms with Crippen LogP contribution in [0.15, 0.2) is 28.9 Å². The summed E-state index contributed by atoms with van der Waals surface area (Å²) in [6, 6.07) is 1.91. The maximum absolute atomic E-state index is 12.2. The molecule has 15 heavy (non-hydrogen) atoms. The first kappa shape index (κ1) is 12.3. The molecule has 0 fully saturated rings. The number of nitrogens with zero attached hydrogens (tertiary/aromatic N) is 1. The van der Waals surface area contributed by atoms with Crippen LogP contribution in [0.4, 0.5) is 12.9 Å². The van der Waals surface area contributed by atoms with Gasteiger partial charge in [-0.25, -0.2) is 0 Å². The van der Waals surface area contributed by atoms with Crippen LogP contribution in [0.25, 0.3) is 0 Å². The zero-order valence-electron chi connectivity index (χ0n) is 8.42. The quantitative estimate of drug-likeness (QED) is 0.707. The number of halogens is 3. The van der Waals surface area contributed by atoms with Crippen molar-refractivity contribution in [1.29, 1.82) is 0 Å². The van der Waals surface area contributed by atoms with Gasteiger partial charge >= 0.3 is 6.98 Å². The second kappa shape index (κ2) is 4.85. The molecule has 0 aliphatic heterocycles. The minimum Gasteiger partial charge on any atom is -0.445 e. The van der Waals surface area contributed by atoms with Crippen molar-refractivity contribution in [3.05, 3.63) is 34.4 Å². The van der Waals surface area contributed by atoms with Crippen molar-refractivity contribution in [2.75, 3.05) is 13.6 Å². The van der Waals surface area contributed by atoms with Gasteiger partial charge in [0.1, 0.15) is 0 Å². The fourth-order valence-corrected chi connectivity index (χ4v) is 1.86. The molecule has 1 heterocycles. The molecule has 0 aliphatic carbocycles. The van der Waals surface area contributed by atoms with E-state index in [1.54, 1.807) is 11.9 Å². The van der Waals surface area contributed by atoms with Crippen molar-refractivity contribution >= 4 is 18.3 Å². The Morgan fingerprint density at radius 3 is 2.67 bits per heavy atom. The molecule has 1 rings (SSSR count). The molecular weight excluding hydrogens is 222 g/mol. The smallest absolute Gasteiger partial charge is 0.445 e. The summed E-state index contributed by atoms with van der Waals surface area (Å²) in [4.78, 5) is 1.61. The van der Waals surface area contributed by atoms with Gasteiger partial charge in [-0.15, -0.1) is 12.1 Å². The van der Waals surface area contributed by atoms with Crippen LogP contribution in [0.2, 0.25) is 0 Å². The summed E-state index contributed by atoms with van der Waals surface area (Å²) >= 11 is 1.54. The molecule has 6 heteroatoms. The number of likely N-dealkylation sites (N-methyl/N-ethyl adjacent to an activating group) is 1. The van der Waals surface area contributed by atoms with E-state index in [1.807, 2.05) is 16.8 Å². The van der Waals surface area contributed by atoms with E-state index in [0.29, 0.717) is 6.54 Å². The van der Waals surface area contributed by atoms with E-state index in [0.717, 1.165) is 5.56 Å². The summed E-state index contributed by atoms with van der Waals surface area (Å²) in [5.74, 6) is 0. The van der Waals surface area contributed by atoms with Gasteiger partial charge in [0.05, 0.1) is 0 Å². The Balaban J connectivity index is 2.43. The molecule has 84 valence electrons. The maximum atomic E-state index is 12.2. The van der Waals surface area contributed by atoms with E-state index in [1.165, 1.54) is 11.3 Å². The van der Waals surface area contributed by atoms with Gasteiger partial charge in [-0.3, -0.25) is 0 Å². The second-order valence-corrected chi connectivity index (χ2v) is 4.32. The third-order valence-electron chi connectivity index (χ3n) is 1.97. The lowest BCUT2D eigenvalue weighted by atomic mass is 9.80. The van der Waals surface area contributed by atoms with Gasteiger partial charge < -0.3 is 17.8 Å². The van der Waals surface area contributed by atoms with Gasteiger partial charge in [-0.2, -0.15) is 11.3 Å². The van der Waals surface area contributed by atoms with Crippen molar-refractivity contribution in [3.63, 3.8) is 0 Å². The van der Waals surface area contributed by atoms with E-state index in [4.69, 9.17) is 0 Å². The van der Waals surface area contributed by atoms with Crippen LogP contribution in [0, 0.1) is 0 Å². The Morgan fingerprint density at radius 1 is 1.53 bits per heavy atom. The summed E-state index contributed by atoms with van der Waals surface area (Å²) < 4.78 is 36.7. The number of rotatable bonds is 5. The molecule has 0 radical (unpaired) electrons. The highest BCUT2D eigenvalue weighted by Crippen LogP contribution is 2.19. The molecule has 0 saturated carbocycles. The lowest BCUT2D eigenvalue weighted by Crippen LogP contribution is -2.29.